The predicted octanol–water partition coefficient (Wildman–Crippen LogP) is 4.06. The van der Waals surface area contributed by atoms with Gasteiger partial charge in [0.1, 0.15) is 5.52 Å². The van der Waals surface area contributed by atoms with Gasteiger partial charge >= 0.3 is 0 Å². The number of rotatable bonds is 1. The largest absolute Gasteiger partial charge is 0.355 e. The minimum absolute atomic E-state index is 0.904. The number of hydrogen-bond acceptors (Lipinski definition) is 2. The second-order valence-electron chi connectivity index (χ2n) is 5.39. The number of hydrogen-bond donors (Lipinski definition) is 1. The molecule has 0 aliphatic carbocycles. The quantitative estimate of drug-likeness (QED) is 0.504. The van der Waals surface area contributed by atoms with Gasteiger partial charge in [-0.2, -0.15) is 0 Å². The van der Waals surface area contributed by atoms with Crippen molar-refractivity contribution in [3.05, 3.63) is 66.7 Å². The predicted molar refractivity (Wildman–Crippen MR) is 88.2 cm³/mol. The summed E-state index contributed by atoms with van der Waals surface area (Å²) in [5.41, 5.74) is 5.22. The second-order valence-corrected chi connectivity index (χ2v) is 5.39. The lowest BCUT2D eigenvalue weighted by Crippen LogP contribution is -1.95. The molecular formula is C18H12N4. The summed E-state index contributed by atoms with van der Waals surface area (Å²) in [6.45, 7) is 0. The van der Waals surface area contributed by atoms with Gasteiger partial charge in [-0.05, 0) is 36.4 Å². The Morgan fingerprint density at radius 3 is 2.59 bits per heavy atom. The molecule has 0 saturated carbocycles. The van der Waals surface area contributed by atoms with Crippen LogP contribution in [0.5, 0.6) is 0 Å². The highest BCUT2D eigenvalue weighted by Gasteiger charge is 2.09. The highest BCUT2D eigenvalue weighted by atomic mass is 15.4. The molecule has 2 heterocycles. The van der Waals surface area contributed by atoms with Crippen LogP contribution in [0.2, 0.25) is 0 Å². The lowest BCUT2D eigenvalue weighted by molar-refractivity contribution is 0.825. The van der Waals surface area contributed by atoms with Crippen molar-refractivity contribution in [3.8, 4) is 5.69 Å². The first-order valence-corrected chi connectivity index (χ1v) is 7.21. The van der Waals surface area contributed by atoms with Gasteiger partial charge in [0.2, 0.25) is 0 Å². The summed E-state index contributed by atoms with van der Waals surface area (Å²) < 4.78 is 1.89. The van der Waals surface area contributed by atoms with Gasteiger partial charge in [-0.25, -0.2) is 4.68 Å². The zero-order valence-electron chi connectivity index (χ0n) is 11.7. The molecule has 0 aliphatic rings. The van der Waals surface area contributed by atoms with Crippen LogP contribution in [-0.2, 0) is 0 Å². The molecule has 104 valence electrons. The van der Waals surface area contributed by atoms with E-state index >= 15 is 0 Å². The highest BCUT2D eigenvalue weighted by Crippen LogP contribution is 2.27. The van der Waals surface area contributed by atoms with Crippen molar-refractivity contribution < 1.29 is 0 Å². The second kappa shape index (κ2) is 4.18. The molecule has 3 aromatic carbocycles. The first-order chi connectivity index (χ1) is 10.9. The average Bonchev–Trinajstić information content (AvgIpc) is 3.15. The number of benzene rings is 3. The van der Waals surface area contributed by atoms with Crippen LogP contribution in [0, 0.1) is 0 Å². The Morgan fingerprint density at radius 2 is 1.59 bits per heavy atom. The Balaban J connectivity index is 1.83. The van der Waals surface area contributed by atoms with Crippen LogP contribution >= 0.6 is 0 Å². The number of H-pyrrole nitrogens is 1. The maximum Gasteiger partial charge on any atom is 0.113 e. The van der Waals surface area contributed by atoms with Gasteiger partial charge in [0.05, 0.1) is 11.2 Å². The molecule has 22 heavy (non-hydrogen) atoms. The van der Waals surface area contributed by atoms with E-state index < -0.39 is 0 Å². The van der Waals surface area contributed by atoms with Crippen molar-refractivity contribution in [2.45, 2.75) is 0 Å². The van der Waals surface area contributed by atoms with Crippen molar-refractivity contribution in [2.24, 2.45) is 0 Å². The molecule has 0 spiro atoms. The van der Waals surface area contributed by atoms with Crippen LogP contribution in [0.1, 0.15) is 0 Å². The SMILES string of the molecule is c1ccc2c(c1)nnn2-c1ccc2[nH]c3ccccc3c2c1. The summed E-state index contributed by atoms with van der Waals surface area (Å²) in [5, 5.41) is 11.0. The lowest BCUT2D eigenvalue weighted by atomic mass is 10.1. The van der Waals surface area contributed by atoms with E-state index in [4.69, 9.17) is 0 Å². The van der Waals surface area contributed by atoms with Gasteiger partial charge in [0, 0.05) is 21.8 Å². The Morgan fingerprint density at radius 1 is 0.773 bits per heavy atom. The van der Waals surface area contributed by atoms with Gasteiger partial charge in [0.15, 0.2) is 0 Å². The van der Waals surface area contributed by atoms with Gasteiger partial charge in [-0.1, -0.05) is 35.5 Å². The summed E-state index contributed by atoms with van der Waals surface area (Å²) in [5.74, 6) is 0. The molecule has 0 atom stereocenters. The molecule has 0 aliphatic heterocycles. The van der Waals surface area contributed by atoms with E-state index in [-0.39, 0.29) is 0 Å². The molecule has 0 unspecified atom stereocenters. The third kappa shape index (κ3) is 1.52. The highest BCUT2D eigenvalue weighted by molar-refractivity contribution is 6.07. The van der Waals surface area contributed by atoms with Crippen LogP contribution < -0.4 is 0 Å². The molecule has 4 nitrogen and oxygen atoms in total. The molecule has 0 saturated heterocycles. The molecule has 0 amide bonds. The summed E-state index contributed by atoms with van der Waals surface area (Å²) in [6.07, 6.45) is 0. The Labute approximate surface area is 126 Å². The molecule has 4 heteroatoms. The fourth-order valence-electron chi connectivity index (χ4n) is 3.03. The van der Waals surface area contributed by atoms with E-state index in [0.717, 1.165) is 27.8 Å². The number of fused-ring (bicyclic) bond motifs is 4. The first-order valence-electron chi connectivity index (χ1n) is 7.21. The molecule has 0 bridgehead atoms. The van der Waals surface area contributed by atoms with Gasteiger partial charge in [-0.3, -0.25) is 0 Å². The van der Waals surface area contributed by atoms with E-state index in [1.165, 1.54) is 10.8 Å². The number of aromatic amines is 1. The maximum absolute atomic E-state index is 4.29. The van der Waals surface area contributed by atoms with E-state index in [1.807, 2.05) is 35.0 Å². The Bertz CT molecular complexity index is 1130. The standard InChI is InChI=1S/C18H12N4/c1-2-6-15-13(5-1)14-11-12(9-10-16(14)19-15)22-18-8-4-3-7-17(18)20-21-22/h1-11,19H. The zero-order valence-corrected chi connectivity index (χ0v) is 11.7. The van der Waals surface area contributed by atoms with Crippen LogP contribution in [0.4, 0.5) is 0 Å². The topological polar surface area (TPSA) is 46.5 Å². The summed E-state index contributed by atoms with van der Waals surface area (Å²) in [7, 11) is 0. The monoisotopic (exact) mass is 284 g/mol. The fourth-order valence-corrected chi connectivity index (χ4v) is 3.03. The van der Waals surface area contributed by atoms with E-state index in [1.54, 1.807) is 0 Å². The van der Waals surface area contributed by atoms with Gasteiger partial charge < -0.3 is 4.98 Å². The number of para-hydroxylation sites is 2. The van der Waals surface area contributed by atoms with E-state index in [2.05, 4.69) is 51.7 Å². The van der Waals surface area contributed by atoms with Gasteiger partial charge in [-0.15, -0.1) is 5.10 Å². The third-order valence-corrected chi connectivity index (χ3v) is 4.09. The maximum atomic E-state index is 4.29. The Kier molecular flexibility index (Phi) is 2.19. The van der Waals surface area contributed by atoms with Crippen molar-refractivity contribution >= 4 is 32.8 Å². The lowest BCUT2D eigenvalue weighted by Gasteiger charge is -2.02. The van der Waals surface area contributed by atoms with Crippen molar-refractivity contribution in [1.82, 2.24) is 20.0 Å². The third-order valence-electron chi connectivity index (χ3n) is 4.09. The van der Waals surface area contributed by atoms with Gasteiger partial charge in [0.25, 0.3) is 0 Å². The summed E-state index contributed by atoms with van der Waals surface area (Å²) >= 11 is 0. The van der Waals surface area contributed by atoms with E-state index in [0.29, 0.717) is 0 Å². The number of aromatic nitrogens is 4. The number of nitrogens with one attached hydrogen (secondary N) is 1. The normalized spacial score (nSPS) is 11.6. The average molecular weight is 284 g/mol. The zero-order chi connectivity index (χ0) is 14.5. The number of nitrogens with zero attached hydrogens (tertiary/aromatic N) is 3. The summed E-state index contributed by atoms with van der Waals surface area (Å²) in [4.78, 5) is 3.44. The fraction of sp³-hybridized carbons (Fsp3) is 0. The van der Waals surface area contributed by atoms with Crippen LogP contribution in [-0.4, -0.2) is 20.0 Å². The molecular weight excluding hydrogens is 272 g/mol. The minimum Gasteiger partial charge on any atom is -0.355 e. The van der Waals surface area contributed by atoms with Crippen LogP contribution in [0.15, 0.2) is 66.7 Å². The van der Waals surface area contributed by atoms with Crippen molar-refractivity contribution in [2.75, 3.05) is 0 Å². The van der Waals surface area contributed by atoms with Crippen LogP contribution in [0.25, 0.3) is 38.5 Å². The smallest absolute Gasteiger partial charge is 0.113 e. The molecule has 0 radical (unpaired) electrons. The minimum atomic E-state index is 0.904. The van der Waals surface area contributed by atoms with Crippen molar-refractivity contribution in [1.29, 1.82) is 0 Å². The Hall–Kier alpha value is -3.14. The molecule has 1 N–H and O–H groups in total. The molecule has 2 aromatic heterocycles. The van der Waals surface area contributed by atoms with E-state index in [9.17, 15) is 0 Å². The molecule has 0 fully saturated rings. The van der Waals surface area contributed by atoms with Crippen LogP contribution in [0.3, 0.4) is 0 Å². The first kappa shape index (κ1) is 11.5. The summed E-state index contributed by atoms with van der Waals surface area (Å²) in [6, 6.07) is 22.7. The van der Waals surface area contributed by atoms with Crippen molar-refractivity contribution in [3.63, 3.8) is 0 Å². The molecule has 5 rings (SSSR count). The molecule has 5 aromatic rings.